The van der Waals surface area contributed by atoms with E-state index in [0.717, 1.165) is 40.9 Å². The van der Waals surface area contributed by atoms with Gasteiger partial charge in [-0.2, -0.15) is 14.8 Å². The SMILES string of the molecule is CCCC1=CC2=NC=C[N+]2(C(=O)OCC)N1c1ccc(-c2ccccc2-c2noc(=O)[nH]2)cc1. The fraction of sp³-hybridized carbons (Fsp3) is 0.200. The molecule has 1 atom stereocenters. The van der Waals surface area contributed by atoms with Crippen LogP contribution in [0.3, 0.4) is 0 Å². The van der Waals surface area contributed by atoms with E-state index in [4.69, 9.17) is 4.74 Å². The molecular formula is C25H24N5O4+. The van der Waals surface area contributed by atoms with Gasteiger partial charge in [-0.25, -0.2) is 4.79 Å². The lowest BCUT2D eigenvalue weighted by Crippen LogP contribution is -2.58. The van der Waals surface area contributed by atoms with Gasteiger partial charge in [0.05, 0.1) is 24.2 Å². The predicted molar refractivity (Wildman–Crippen MR) is 127 cm³/mol. The lowest BCUT2D eigenvalue weighted by atomic mass is 9.99. The van der Waals surface area contributed by atoms with E-state index >= 15 is 0 Å². The highest BCUT2D eigenvalue weighted by Gasteiger charge is 2.56. The first-order valence-corrected chi connectivity index (χ1v) is 11.2. The molecular weight excluding hydrogens is 434 g/mol. The molecule has 1 amide bonds. The number of aromatic nitrogens is 2. The van der Waals surface area contributed by atoms with E-state index in [0.29, 0.717) is 11.7 Å². The number of hydrogen-bond acceptors (Lipinski definition) is 7. The minimum absolute atomic E-state index is 0.237. The van der Waals surface area contributed by atoms with Crippen molar-refractivity contribution < 1.29 is 18.6 Å². The van der Waals surface area contributed by atoms with Crippen molar-refractivity contribution in [1.82, 2.24) is 10.1 Å². The highest BCUT2D eigenvalue weighted by Crippen LogP contribution is 2.40. The number of aliphatic imine (C=N–C) groups is 1. The number of fused-ring (bicyclic) bond motifs is 1. The van der Waals surface area contributed by atoms with Gasteiger partial charge >= 0.3 is 11.8 Å². The topological polar surface area (TPSA) is 101 Å². The van der Waals surface area contributed by atoms with Gasteiger partial charge in [0, 0.05) is 11.6 Å². The Morgan fingerprint density at radius 2 is 1.88 bits per heavy atom. The summed E-state index contributed by atoms with van der Waals surface area (Å²) in [4.78, 5) is 31.7. The number of aromatic amines is 1. The lowest BCUT2D eigenvalue weighted by molar-refractivity contribution is -0.710. The molecule has 9 nitrogen and oxygen atoms in total. The maximum atomic E-state index is 13.2. The van der Waals surface area contributed by atoms with Gasteiger partial charge < -0.3 is 4.74 Å². The van der Waals surface area contributed by atoms with Crippen LogP contribution in [-0.4, -0.2) is 33.3 Å². The van der Waals surface area contributed by atoms with E-state index < -0.39 is 11.8 Å². The van der Waals surface area contributed by atoms with Crippen molar-refractivity contribution in [2.75, 3.05) is 11.6 Å². The van der Waals surface area contributed by atoms with Crippen molar-refractivity contribution in [3.05, 3.63) is 83.3 Å². The number of nitrogens with one attached hydrogen (secondary N) is 1. The molecule has 2 aromatic carbocycles. The minimum atomic E-state index is -0.603. The Labute approximate surface area is 195 Å². The fourth-order valence-electron chi connectivity index (χ4n) is 4.40. The Bertz CT molecular complexity index is 1380. The molecule has 3 heterocycles. The van der Waals surface area contributed by atoms with Crippen molar-refractivity contribution in [2.45, 2.75) is 26.7 Å². The van der Waals surface area contributed by atoms with Gasteiger partial charge in [-0.1, -0.05) is 54.9 Å². The second-order valence-electron chi connectivity index (χ2n) is 7.90. The van der Waals surface area contributed by atoms with Crippen molar-refractivity contribution in [2.24, 2.45) is 4.99 Å². The quantitative estimate of drug-likeness (QED) is 0.523. The molecule has 0 radical (unpaired) electrons. The maximum Gasteiger partial charge on any atom is 0.553 e. The number of allylic oxidation sites excluding steroid dienone is 1. The molecule has 0 bridgehead atoms. The molecule has 0 spiro atoms. The second kappa shape index (κ2) is 8.60. The third-order valence-electron chi connectivity index (χ3n) is 5.82. The number of nitrogens with zero attached hydrogens (tertiary/aromatic N) is 4. The summed E-state index contributed by atoms with van der Waals surface area (Å²) in [6.07, 6.45) is 6.66. The van der Waals surface area contributed by atoms with E-state index in [1.165, 1.54) is 0 Å². The molecule has 172 valence electrons. The third-order valence-corrected chi connectivity index (χ3v) is 5.82. The van der Waals surface area contributed by atoms with Crippen LogP contribution in [0.4, 0.5) is 10.5 Å². The number of rotatable bonds is 6. The van der Waals surface area contributed by atoms with Crippen LogP contribution < -0.4 is 10.8 Å². The standard InChI is InChI=1S/C25H23N5O4/c1-3-7-19-16-22-26-14-15-30(22,25(32)33-4-2)29(19)18-12-10-17(11-13-18)20-8-5-6-9-21(20)23-27-24(31)34-28-23/h5-6,8-16H,3-4,7H2,1-2H3/p+1. The van der Waals surface area contributed by atoms with Crippen LogP contribution in [0.25, 0.3) is 22.5 Å². The Balaban J connectivity index is 1.56. The summed E-state index contributed by atoms with van der Waals surface area (Å²) in [7, 11) is 0. The highest BCUT2D eigenvalue weighted by atomic mass is 16.6. The number of carbonyl (C=O) groups excluding carboxylic acids is 1. The first kappa shape index (κ1) is 21.6. The summed E-state index contributed by atoms with van der Waals surface area (Å²) in [5.74, 6) is 0.382. The fourth-order valence-corrected chi connectivity index (χ4v) is 4.40. The Kier molecular flexibility index (Phi) is 5.46. The molecule has 5 rings (SSSR count). The van der Waals surface area contributed by atoms with Gasteiger partial charge in [0.25, 0.3) is 5.84 Å². The van der Waals surface area contributed by atoms with Gasteiger partial charge in [0.15, 0.2) is 12.0 Å². The average molecular weight is 458 g/mol. The summed E-state index contributed by atoms with van der Waals surface area (Å²) < 4.78 is 9.90. The zero-order valence-corrected chi connectivity index (χ0v) is 18.9. The molecule has 0 saturated heterocycles. The molecule has 9 heteroatoms. The summed E-state index contributed by atoms with van der Waals surface area (Å²) >= 11 is 0. The Morgan fingerprint density at radius 1 is 1.12 bits per heavy atom. The number of benzene rings is 2. The molecule has 34 heavy (non-hydrogen) atoms. The second-order valence-corrected chi connectivity index (χ2v) is 7.90. The van der Waals surface area contributed by atoms with E-state index in [1.807, 2.05) is 59.6 Å². The number of amidine groups is 1. The monoisotopic (exact) mass is 458 g/mol. The Hall–Kier alpha value is -4.24. The third kappa shape index (κ3) is 3.37. The van der Waals surface area contributed by atoms with Gasteiger partial charge in [0.2, 0.25) is 0 Å². The molecule has 1 unspecified atom stereocenters. The number of quaternary nitrogens is 1. The highest BCUT2D eigenvalue weighted by molar-refractivity contribution is 6.00. The van der Waals surface area contributed by atoms with Gasteiger partial charge in [-0.05, 0) is 41.2 Å². The summed E-state index contributed by atoms with van der Waals surface area (Å²) in [6.45, 7) is 4.17. The smallest absolute Gasteiger partial charge is 0.418 e. The largest absolute Gasteiger partial charge is 0.553 e. The average Bonchev–Trinajstić information content (AvgIpc) is 3.54. The number of amides is 1. The first-order chi connectivity index (χ1) is 16.6. The van der Waals surface area contributed by atoms with Crippen molar-refractivity contribution in [3.8, 4) is 22.5 Å². The number of anilines is 1. The van der Waals surface area contributed by atoms with Crippen LogP contribution in [0.5, 0.6) is 0 Å². The van der Waals surface area contributed by atoms with E-state index in [-0.39, 0.29) is 11.2 Å². The summed E-state index contributed by atoms with van der Waals surface area (Å²) in [6, 6.07) is 15.5. The van der Waals surface area contributed by atoms with Crippen molar-refractivity contribution in [1.29, 1.82) is 0 Å². The zero-order chi connectivity index (χ0) is 23.7. The molecule has 2 aliphatic rings. The van der Waals surface area contributed by atoms with Crippen LogP contribution >= 0.6 is 0 Å². The van der Waals surface area contributed by atoms with Crippen LogP contribution in [0.2, 0.25) is 0 Å². The molecule has 0 saturated carbocycles. The van der Waals surface area contributed by atoms with Crippen LogP contribution in [0.15, 0.2) is 87.0 Å². The van der Waals surface area contributed by atoms with E-state index in [2.05, 4.69) is 26.6 Å². The number of H-pyrrole nitrogens is 1. The van der Waals surface area contributed by atoms with Crippen LogP contribution in [-0.2, 0) is 4.74 Å². The zero-order valence-electron chi connectivity index (χ0n) is 18.9. The van der Waals surface area contributed by atoms with Crippen molar-refractivity contribution >= 4 is 17.6 Å². The van der Waals surface area contributed by atoms with Crippen LogP contribution in [0, 0.1) is 0 Å². The number of carbonyl (C=O) groups is 1. The summed E-state index contributed by atoms with van der Waals surface area (Å²) in [5, 5.41) is 5.80. The molecule has 1 aromatic heterocycles. The molecule has 0 aliphatic carbocycles. The van der Waals surface area contributed by atoms with Gasteiger partial charge in [-0.3, -0.25) is 9.51 Å². The van der Waals surface area contributed by atoms with E-state index in [1.54, 1.807) is 19.3 Å². The molecule has 2 aliphatic heterocycles. The molecule has 1 N–H and O–H groups in total. The van der Waals surface area contributed by atoms with Gasteiger partial charge in [0.1, 0.15) is 0 Å². The lowest BCUT2D eigenvalue weighted by Gasteiger charge is -2.34. The van der Waals surface area contributed by atoms with Crippen molar-refractivity contribution in [3.63, 3.8) is 0 Å². The molecule has 3 aromatic rings. The first-order valence-electron chi connectivity index (χ1n) is 11.2. The predicted octanol–water partition coefficient (Wildman–Crippen LogP) is 4.97. The van der Waals surface area contributed by atoms with Gasteiger partial charge in [-0.15, -0.1) is 0 Å². The minimum Gasteiger partial charge on any atom is -0.418 e. The normalized spacial score (nSPS) is 18.6. The molecule has 0 fully saturated rings. The Morgan fingerprint density at radius 3 is 2.56 bits per heavy atom. The summed E-state index contributed by atoms with van der Waals surface area (Å²) in [5.41, 5.74) is 4.40. The van der Waals surface area contributed by atoms with E-state index in [9.17, 15) is 9.59 Å². The van der Waals surface area contributed by atoms with Crippen LogP contribution in [0.1, 0.15) is 26.7 Å². The number of hydrogen-bond donors (Lipinski definition) is 1. The maximum absolute atomic E-state index is 13.2. The number of ether oxygens (including phenoxy) is 1.